The van der Waals surface area contributed by atoms with Crippen molar-refractivity contribution in [2.75, 3.05) is 0 Å². The lowest BCUT2D eigenvalue weighted by Gasteiger charge is -2.14. The van der Waals surface area contributed by atoms with Gasteiger partial charge in [0, 0.05) is 0 Å². The molecule has 0 spiro atoms. The summed E-state index contributed by atoms with van der Waals surface area (Å²) in [7, 11) is 0. The Labute approximate surface area is 106 Å². The molecule has 0 radical (unpaired) electrons. The van der Waals surface area contributed by atoms with E-state index in [1.807, 2.05) is 13.0 Å². The highest BCUT2D eigenvalue weighted by Gasteiger charge is 2.38. The summed E-state index contributed by atoms with van der Waals surface area (Å²) in [5.74, 6) is 0.174. The molecule has 0 aromatic carbocycles. The zero-order valence-electron chi connectivity index (χ0n) is 9.49. The maximum atomic E-state index is 12.9. The number of allylic oxidation sites excluding steroid dienone is 4. The molecule has 96 valence electrons. The second-order valence-electron chi connectivity index (χ2n) is 4.10. The van der Waals surface area contributed by atoms with Crippen LogP contribution in [0.3, 0.4) is 0 Å². The average Bonchev–Trinajstić information content (AvgIpc) is 2.72. The fourth-order valence-corrected chi connectivity index (χ4v) is 2.60. The van der Waals surface area contributed by atoms with E-state index >= 15 is 0 Å². The van der Waals surface area contributed by atoms with Crippen LogP contribution in [0.25, 0.3) is 5.57 Å². The number of aromatic nitrogens is 1. The Kier molecular flexibility index (Phi) is 3.38. The van der Waals surface area contributed by atoms with Crippen molar-refractivity contribution < 1.29 is 18.0 Å². The summed E-state index contributed by atoms with van der Waals surface area (Å²) < 4.78 is 38.6. The largest absolute Gasteiger partial charge is 0.427 e. The van der Waals surface area contributed by atoms with Gasteiger partial charge in [-0.25, -0.2) is 4.98 Å². The molecule has 0 aliphatic heterocycles. The first-order chi connectivity index (χ1) is 8.41. The summed E-state index contributed by atoms with van der Waals surface area (Å²) in [6.45, 7) is 1.92. The van der Waals surface area contributed by atoms with Crippen molar-refractivity contribution in [1.29, 1.82) is 0 Å². The van der Waals surface area contributed by atoms with Crippen LogP contribution in [-0.4, -0.2) is 11.3 Å². The third kappa shape index (κ3) is 2.53. The number of carbonyl (C=O) groups excluding carboxylic acids is 1. The number of thiazole rings is 1. The molecule has 1 heterocycles. The van der Waals surface area contributed by atoms with Crippen LogP contribution in [0.15, 0.2) is 18.2 Å². The van der Waals surface area contributed by atoms with E-state index < -0.39 is 11.1 Å². The zero-order valence-corrected chi connectivity index (χ0v) is 10.3. The summed E-state index contributed by atoms with van der Waals surface area (Å²) in [5, 5.41) is -0.138. The van der Waals surface area contributed by atoms with Gasteiger partial charge in [-0.2, -0.15) is 13.2 Å². The molecule has 2 rings (SSSR count). The minimum atomic E-state index is -4.47. The molecular weight excluding hydrogens is 263 g/mol. The number of nitrogens with zero attached hydrogens (tertiary/aromatic N) is 1. The van der Waals surface area contributed by atoms with E-state index in [2.05, 4.69) is 4.98 Å². The quantitative estimate of drug-likeness (QED) is 0.763. The molecule has 1 atom stereocenters. The highest BCUT2D eigenvalue weighted by Crippen LogP contribution is 2.40. The van der Waals surface area contributed by atoms with Gasteiger partial charge in [-0.3, -0.25) is 4.79 Å². The number of carbonyl (C=O) groups is 1. The van der Waals surface area contributed by atoms with Gasteiger partial charge in [0.15, 0.2) is 11.3 Å². The molecule has 0 fully saturated rings. The third-order valence-electron chi connectivity index (χ3n) is 2.59. The van der Waals surface area contributed by atoms with Crippen LogP contribution in [0.1, 0.15) is 33.7 Å². The molecule has 0 saturated carbocycles. The molecule has 1 unspecified atom stereocenters. The summed E-state index contributed by atoms with van der Waals surface area (Å²) in [6.07, 6.45) is 1.65. The maximum Gasteiger partial charge on any atom is 0.427 e. The summed E-state index contributed by atoms with van der Waals surface area (Å²) in [6, 6.07) is 0. The topological polar surface area (TPSA) is 30.0 Å². The smallest absolute Gasteiger partial charge is 0.295 e. The predicted molar refractivity (Wildman–Crippen MR) is 63.4 cm³/mol. The Morgan fingerprint density at radius 3 is 2.78 bits per heavy atom. The van der Waals surface area contributed by atoms with Crippen molar-refractivity contribution in [3.05, 3.63) is 33.8 Å². The van der Waals surface area contributed by atoms with Crippen molar-refractivity contribution in [3.8, 4) is 0 Å². The minimum Gasteiger partial charge on any atom is -0.295 e. The van der Waals surface area contributed by atoms with E-state index in [0.29, 0.717) is 29.6 Å². The standard InChI is InChI=1S/C12H10F3NOS/c1-7-3-2-4-8(5-7)10-11(12(13,14)15)18-9(6-17)16-10/h2-4,6-7H,5H2,1H3. The molecule has 0 amide bonds. The normalized spacial score (nSPS) is 19.8. The van der Waals surface area contributed by atoms with Gasteiger partial charge in [-0.15, -0.1) is 11.3 Å². The molecule has 18 heavy (non-hydrogen) atoms. The van der Waals surface area contributed by atoms with Gasteiger partial charge in [0.1, 0.15) is 4.88 Å². The molecule has 6 heteroatoms. The van der Waals surface area contributed by atoms with Crippen LogP contribution in [0, 0.1) is 5.92 Å². The first-order valence-corrected chi connectivity index (χ1v) is 6.14. The fraction of sp³-hybridized carbons (Fsp3) is 0.333. The molecule has 1 aromatic heterocycles. The second-order valence-corrected chi connectivity index (χ2v) is 5.13. The predicted octanol–water partition coefficient (Wildman–Crippen LogP) is 3.95. The third-order valence-corrected chi connectivity index (χ3v) is 3.61. The van der Waals surface area contributed by atoms with Gasteiger partial charge < -0.3 is 0 Å². The van der Waals surface area contributed by atoms with E-state index in [9.17, 15) is 18.0 Å². The molecule has 1 aliphatic carbocycles. The van der Waals surface area contributed by atoms with Crippen molar-refractivity contribution in [1.82, 2.24) is 4.98 Å². The summed E-state index contributed by atoms with van der Waals surface area (Å²) in [4.78, 5) is 13.6. The van der Waals surface area contributed by atoms with E-state index in [1.54, 1.807) is 12.2 Å². The maximum absolute atomic E-state index is 12.9. The van der Waals surface area contributed by atoms with Gasteiger partial charge in [0.05, 0.1) is 5.69 Å². The molecule has 1 aromatic rings. The molecule has 0 bridgehead atoms. The fourth-order valence-electron chi connectivity index (χ4n) is 1.82. The van der Waals surface area contributed by atoms with E-state index in [4.69, 9.17) is 0 Å². The number of alkyl halides is 3. The van der Waals surface area contributed by atoms with Crippen LogP contribution >= 0.6 is 11.3 Å². The highest BCUT2D eigenvalue weighted by molar-refractivity contribution is 7.13. The van der Waals surface area contributed by atoms with Crippen LogP contribution < -0.4 is 0 Å². The number of halogens is 3. The van der Waals surface area contributed by atoms with E-state index in [-0.39, 0.29) is 16.6 Å². The van der Waals surface area contributed by atoms with Crippen LogP contribution in [0.4, 0.5) is 13.2 Å². The van der Waals surface area contributed by atoms with Gasteiger partial charge in [0.2, 0.25) is 0 Å². The molecule has 2 nitrogen and oxygen atoms in total. The Morgan fingerprint density at radius 1 is 1.50 bits per heavy atom. The van der Waals surface area contributed by atoms with Crippen LogP contribution in [0.5, 0.6) is 0 Å². The number of rotatable bonds is 2. The lowest BCUT2D eigenvalue weighted by Crippen LogP contribution is -2.07. The summed E-state index contributed by atoms with van der Waals surface area (Å²) >= 11 is 0.392. The monoisotopic (exact) mass is 273 g/mol. The van der Waals surface area contributed by atoms with E-state index in [1.165, 1.54) is 0 Å². The average molecular weight is 273 g/mol. The Hall–Kier alpha value is -1.43. The van der Waals surface area contributed by atoms with Crippen LogP contribution in [-0.2, 0) is 6.18 Å². The Morgan fingerprint density at radius 2 is 2.22 bits per heavy atom. The number of hydrogen-bond acceptors (Lipinski definition) is 3. The lowest BCUT2D eigenvalue weighted by atomic mass is 9.93. The van der Waals surface area contributed by atoms with Crippen molar-refractivity contribution in [2.24, 2.45) is 5.92 Å². The van der Waals surface area contributed by atoms with Gasteiger partial charge in [-0.05, 0) is 17.9 Å². The van der Waals surface area contributed by atoms with Gasteiger partial charge >= 0.3 is 6.18 Å². The van der Waals surface area contributed by atoms with Crippen molar-refractivity contribution in [3.63, 3.8) is 0 Å². The molecule has 0 saturated heterocycles. The highest BCUT2D eigenvalue weighted by atomic mass is 32.1. The van der Waals surface area contributed by atoms with Crippen molar-refractivity contribution in [2.45, 2.75) is 19.5 Å². The van der Waals surface area contributed by atoms with Gasteiger partial charge in [0.25, 0.3) is 0 Å². The second kappa shape index (κ2) is 4.68. The van der Waals surface area contributed by atoms with E-state index in [0.717, 1.165) is 0 Å². The lowest BCUT2D eigenvalue weighted by molar-refractivity contribution is -0.134. The zero-order chi connectivity index (χ0) is 13.3. The molecular formula is C12H10F3NOS. The Balaban J connectivity index is 2.50. The number of aldehydes is 1. The summed E-state index contributed by atoms with van der Waals surface area (Å²) in [5.41, 5.74) is 0.424. The first kappa shape index (κ1) is 13.0. The van der Waals surface area contributed by atoms with Crippen molar-refractivity contribution >= 4 is 23.2 Å². The molecule has 0 N–H and O–H groups in total. The Bertz CT molecular complexity index is 528. The first-order valence-electron chi connectivity index (χ1n) is 5.32. The van der Waals surface area contributed by atoms with Gasteiger partial charge in [-0.1, -0.05) is 25.2 Å². The minimum absolute atomic E-state index is 0.106. The van der Waals surface area contributed by atoms with Crippen LogP contribution in [0.2, 0.25) is 0 Å². The number of hydrogen-bond donors (Lipinski definition) is 0. The molecule has 1 aliphatic rings. The SMILES string of the molecule is CC1C=CC=C(c2nc(C=O)sc2C(F)(F)F)C1.